The van der Waals surface area contributed by atoms with Crippen LogP contribution in [0, 0.1) is 10.1 Å². The van der Waals surface area contributed by atoms with E-state index in [-0.39, 0.29) is 32.3 Å². The van der Waals surface area contributed by atoms with Crippen molar-refractivity contribution in [3.63, 3.8) is 0 Å². The number of carbonyl (C=O) groups excluding carboxylic acids is 1. The molecule has 0 aliphatic heterocycles. The summed E-state index contributed by atoms with van der Waals surface area (Å²) in [5.74, 6) is -0.547. The van der Waals surface area contributed by atoms with Crippen molar-refractivity contribution in [2.75, 3.05) is 5.32 Å². The predicted molar refractivity (Wildman–Crippen MR) is 80.3 cm³/mol. The number of pyridine rings is 1. The van der Waals surface area contributed by atoms with Crippen molar-refractivity contribution in [3.8, 4) is 0 Å². The Hall–Kier alpha value is -1.89. The number of nitro groups is 1. The van der Waals surface area contributed by atoms with Gasteiger partial charge in [0.15, 0.2) is 0 Å². The fraction of sp³-hybridized carbons (Fsp3) is 0. The Bertz CT molecular complexity index is 717. The zero-order valence-corrected chi connectivity index (χ0v) is 12.4. The van der Waals surface area contributed by atoms with Crippen molar-refractivity contribution >= 4 is 52.2 Å². The Labute approximate surface area is 133 Å². The summed E-state index contributed by atoms with van der Waals surface area (Å²) in [6.07, 6.45) is 0. The third-order valence-corrected chi connectivity index (χ3v) is 3.37. The lowest BCUT2D eigenvalue weighted by atomic mass is 10.2. The normalized spacial score (nSPS) is 10.2. The van der Waals surface area contributed by atoms with Gasteiger partial charge in [-0.2, -0.15) is 0 Å². The minimum absolute atomic E-state index is 0.0478. The number of nitrogens with one attached hydrogen (secondary N) is 1. The van der Waals surface area contributed by atoms with Gasteiger partial charge in [0.05, 0.1) is 20.5 Å². The maximum Gasteiger partial charge on any atom is 0.306 e. The van der Waals surface area contributed by atoms with Gasteiger partial charge in [0.25, 0.3) is 5.91 Å². The molecule has 1 heterocycles. The Balaban J connectivity index is 2.28. The SMILES string of the molecule is O=C(Nc1ccc([N+](=O)[O-])c(Cl)n1)c1c(Cl)cccc1Cl. The molecule has 0 bridgehead atoms. The van der Waals surface area contributed by atoms with Crippen LogP contribution in [0.3, 0.4) is 0 Å². The van der Waals surface area contributed by atoms with E-state index in [4.69, 9.17) is 34.8 Å². The van der Waals surface area contributed by atoms with E-state index in [2.05, 4.69) is 10.3 Å². The summed E-state index contributed by atoms with van der Waals surface area (Å²) in [6, 6.07) is 7.02. The molecular formula is C12H6Cl3N3O3. The fourth-order valence-corrected chi connectivity index (χ4v) is 2.32. The van der Waals surface area contributed by atoms with Gasteiger partial charge in [-0.05, 0) is 18.2 Å². The molecule has 6 nitrogen and oxygen atoms in total. The van der Waals surface area contributed by atoms with Gasteiger partial charge in [0.2, 0.25) is 5.15 Å². The lowest BCUT2D eigenvalue weighted by molar-refractivity contribution is -0.385. The molecule has 108 valence electrons. The van der Waals surface area contributed by atoms with Crippen molar-refractivity contribution in [1.82, 2.24) is 4.98 Å². The van der Waals surface area contributed by atoms with Crippen LogP contribution in [0.1, 0.15) is 10.4 Å². The van der Waals surface area contributed by atoms with E-state index in [0.29, 0.717) is 0 Å². The minimum atomic E-state index is -0.675. The van der Waals surface area contributed by atoms with Crippen LogP contribution in [0.2, 0.25) is 15.2 Å². The Morgan fingerprint density at radius 2 is 1.76 bits per heavy atom. The van der Waals surface area contributed by atoms with Crippen LogP contribution in [0.25, 0.3) is 0 Å². The average molecular weight is 347 g/mol. The number of benzene rings is 1. The van der Waals surface area contributed by atoms with E-state index in [1.807, 2.05) is 0 Å². The van der Waals surface area contributed by atoms with Gasteiger partial charge in [-0.3, -0.25) is 14.9 Å². The van der Waals surface area contributed by atoms with Crippen molar-refractivity contribution in [1.29, 1.82) is 0 Å². The number of hydrogen-bond donors (Lipinski definition) is 1. The van der Waals surface area contributed by atoms with Crippen molar-refractivity contribution in [2.45, 2.75) is 0 Å². The lowest BCUT2D eigenvalue weighted by Crippen LogP contribution is -2.14. The van der Waals surface area contributed by atoms with Crippen LogP contribution >= 0.6 is 34.8 Å². The molecule has 0 spiro atoms. The molecule has 2 rings (SSSR count). The minimum Gasteiger partial charge on any atom is -0.306 e. The first-order valence-corrected chi connectivity index (χ1v) is 6.60. The zero-order valence-electron chi connectivity index (χ0n) is 10.1. The molecule has 0 unspecified atom stereocenters. The van der Waals surface area contributed by atoms with E-state index in [1.165, 1.54) is 18.2 Å². The number of amides is 1. The molecule has 9 heteroatoms. The number of anilines is 1. The van der Waals surface area contributed by atoms with Crippen LogP contribution in [-0.4, -0.2) is 15.8 Å². The van der Waals surface area contributed by atoms with Crippen LogP contribution in [-0.2, 0) is 0 Å². The molecule has 0 fully saturated rings. The second-order valence-corrected chi connectivity index (χ2v) is 4.99. The van der Waals surface area contributed by atoms with Gasteiger partial charge in [-0.15, -0.1) is 0 Å². The number of nitrogens with zero attached hydrogens (tertiary/aromatic N) is 2. The molecule has 2 aromatic rings. The summed E-state index contributed by atoms with van der Waals surface area (Å²) in [5.41, 5.74) is -0.275. The molecular weight excluding hydrogens is 341 g/mol. The standard InChI is InChI=1S/C12H6Cl3N3O3/c13-6-2-1-3-7(14)10(6)12(19)17-9-5-4-8(18(20)21)11(15)16-9/h1-5H,(H,16,17,19). The molecule has 1 aromatic carbocycles. The number of halogens is 3. The van der Waals surface area contributed by atoms with Gasteiger partial charge in [0, 0.05) is 6.07 Å². The molecule has 0 aliphatic rings. The Morgan fingerprint density at radius 1 is 1.14 bits per heavy atom. The van der Waals surface area contributed by atoms with E-state index in [9.17, 15) is 14.9 Å². The smallest absolute Gasteiger partial charge is 0.306 e. The molecule has 1 N–H and O–H groups in total. The molecule has 1 aromatic heterocycles. The van der Waals surface area contributed by atoms with E-state index in [0.717, 1.165) is 6.07 Å². The maximum atomic E-state index is 12.1. The van der Waals surface area contributed by atoms with Crippen LogP contribution in [0.5, 0.6) is 0 Å². The summed E-state index contributed by atoms with van der Waals surface area (Å²) in [5, 5.41) is 13.1. The Kier molecular flexibility index (Phi) is 4.62. The van der Waals surface area contributed by atoms with Gasteiger partial charge in [-0.1, -0.05) is 40.9 Å². The summed E-state index contributed by atoms with van der Waals surface area (Å²) in [7, 11) is 0. The van der Waals surface area contributed by atoms with Gasteiger partial charge < -0.3 is 5.32 Å². The summed E-state index contributed by atoms with van der Waals surface area (Å²) < 4.78 is 0. The maximum absolute atomic E-state index is 12.1. The second kappa shape index (κ2) is 6.26. The van der Waals surface area contributed by atoms with Crippen molar-refractivity contribution in [3.05, 3.63) is 61.2 Å². The lowest BCUT2D eigenvalue weighted by Gasteiger charge is -2.08. The third kappa shape index (κ3) is 3.41. The number of carbonyl (C=O) groups is 1. The van der Waals surface area contributed by atoms with Crippen LogP contribution < -0.4 is 5.32 Å². The van der Waals surface area contributed by atoms with E-state index >= 15 is 0 Å². The topological polar surface area (TPSA) is 85.1 Å². The zero-order chi connectivity index (χ0) is 15.6. The first-order chi connectivity index (χ1) is 9.90. The van der Waals surface area contributed by atoms with Gasteiger partial charge >= 0.3 is 5.69 Å². The summed E-state index contributed by atoms with van der Waals surface area (Å²) >= 11 is 17.5. The number of aromatic nitrogens is 1. The van der Waals surface area contributed by atoms with Gasteiger partial charge in [-0.25, -0.2) is 4.98 Å². The predicted octanol–water partition coefficient (Wildman–Crippen LogP) is 4.20. The molecule has 0 saturated heterocycles. The highest BCUT2D eigenvalue weighted by Gasteiger charge is 2.18. The molecule has 0 radical (unpaired) electrons. The van der Waals surface area contributed by atoms with Crippen LogP contribution in [0.15, 0.2) is 30.3 Å². The van der Waals surface area contributed by atoms with Gasteiger partial charge in [0.1, 0.15) is 5.82 Å². The first-order valence-electron chi connectivity index (χ1n) is 5.46. The highest BCUT2D eigenvalue weighted by atomic mass is 35.5. The van der Waals surface area contributed by atoms with E-state index < -0.39 is 10.8 Å². The fourth-order valence-electron chi connectivity index (χ4n) is 1.53. The molecule has 0 saturated carbocycles. The Morgan fingerprint density at radius 3 is 2.29 bits per heavy atom. The van der Waals surface area contributed by atoms with Crippen molar-refractivity contribution in [2.24, 2.45) is 0 Å². The van der Waals surface area contributed by atoms with Crippen molar-refractivity contribution < 1.29 is 9.72 Å². The highest BCUT2D eigenvalue weighted by Crippen LogP contribution is 2.27. The molecule has 21 heavy (non-hydrogen) atoms. The monoisotopic (exact) mass is 345 g/mol. The second-order valence-electron chi connectivity index (χ2n) is 3.81. The average Bonchev–Trinajstić information content (AvgIpc) is 2.37. The molecule has 0 atom stereocenters. The van der Waals surface area contributed by atoms with Crippen LogP contribution in [0.4, 0.5) is 11.5 Å². The largest absolute Gasteiger partial charge is 0.306 e. The summed E-state index contributed by atoms with van der Waals surface area (Å²) in [6.45, 7) is 0. The highest BCUT2D eigenvalue weighted by molar-refractivity contribution is 6.40. The molecule has 1 amide bonds. The molecule has 0 aliphatic carbocycles. The third-order valence-electron chi connectivity index (χ3n) is 2.46. The number of rotatable bonds is 3. The quantitative estimate of drug-likeness (QED) is 0.512. The first kappa shape index (κ1) is 15.5. The van der Waals surface area contributed by atoms with E-state index in [1.54, 1.807) is 6.07 Å². The summed E-state index contributed by atoms with van der Waals surface area (Å²) in [4.78, 5) is 25.8. The number of hydrogen-bond acceptors (Lipinski definition) is 4.